The second-order valence-electron chi connectivity index (χ2n) is 8.37. The van der Waals surface area contributed by atoms with Gasteiger partial charge in [-0.2, -0.15) is 0 Å². The molecule has 1 aromatic heterocycles. The van der Waals surface area contributed by atoms with E-state index in [0.717, 1.165) is 11.1 Å². The number of anilines is 1. The number of carbonyl (C=O) groups is 2. The van der Waals surface area contributed by atoms with Crippen LogP contribution in [-0.2, 0) is 11.3 Å². The molecular weight excluding hydrogens is 444 g/mol. The first kappa shape index (κ1) is 23.8. The number of carbonyl (C=O) groups excluding carboxylic acids is 2. The number of fused-ring (bicyclic) bond motifs is 1. The monoisotopic (exact) mass is 470 g/mol. The Morgan fingerprint density at radius 2 is 1.49 bits per heavy atom. The van der Waals surface area contributed by atoms with Gasteiger partial charge in [-0.1, -0.05) is 41.5 Å². The van der Waals surface area contributed by atoms with Crippen molar-refractivity contribution < 1.29 is 19.1 Å². The van der Waals surface area contributed by atoms with Gasteiger partial charge in [0.25, 0.3) is 0 Å². The van der Waals surface area contributed by atoms with E-state index in [1.807, 2.05) is 32.0 Å². The van der Waals surface area contributed by atoms with Crippen molar-refractivity contribution in [3.8, 4) is 11.5 Å². The zero-order valence-corrected chi connectivity index (χ0v) is 20.0. The van der Waals surface area contributed by atoms with Gasteiger partial charge in [0.05, 0.1) is 25.3 Å². The number of hydrogen-bond acceptors (Lipinski definition) is 5. The summed E-state index contributed by atoms with van der Waals surface area (Å²) < 4.78 is 12.2. The summed E-state index contributed by atoms with van der Waals surface area (Å²) >= 11 is 0. The van der Waals surface area contributed by atoms with E-state index in [-0.39, 0.29) is 29.2 Å². The minimum Gasteiger partial charge on any atom is -0.497 e. The fourth-order valence-corrected chi connectivity index (χ4v) is 3.90. The number of methoxy groups -OCH3 is 2. The van der Waals surface area contributed by atoms with Crippen molar-refractivity contribution in [2.45, 2.75) is 20.4 Å². The standard InChI is InChI=1S/C28H26N2O5/c1-17-5-8-19(9-6-17)27(32)24-15-30(25-10-7-18(2)11-23(25)28(24)33)16-26(31)29-20-12-21(34-3)14-22(13-20)35-4/h5-15H,16H2,1-4H3,(H,29,31). The molecule has 0 unspecified atom stereocenters. The normalized spacial score (nSPS) is 10.7. The van der Waals surface area contributed by atoms with Gasteiger partial charge in [0.15, 0.2) is 5.78 Å². The fraction of sp³-hybridized carbons (Fsp3) is 0.179. The molecule has 0 spiro atoms. The summed E-state index contributed by atoms with van der Waals surface area (Å²) in [5.41, 5.74) is 3.04. The number of nitrogens with one attached hydrogen (secondary N) is 1. The SMILES string of the molecule is COc1cc(NC(=O)Cn2cc(C(=O)c3ccc(C)cc3)c(=O)c3cc(C)ccc32)cc(OC)c1. The second kappa shape index (κ2) is 9.85. The lowest BCUT2D eigenvalue weighted by Gasteiger charge is -2.15. The largest absolute Gasteiger partial charge is 0.497 e. The first-order chi connectivity index (χ1) is 16.8. The molecule has 0 bridgehead atoms. The van der Waals surface area contributed by atoms with Gasteiger partial charge < -0.3 is 19.4 Å². The van der Waals surface area contributed by atoms with Gasteiger partial charge in [-0.3, -0.25) is 14.4 Å². The summed E-state index contributed by atoms with van der Waals surface area (Å²) in [5.74, 6) is 0.356. The van der Waals surface area contributed by atoms with Gasteiger partial charge in [-0.05, 0) is 26.0 Å². The smallest absolute Gasteiger partial charge is 0.244 e. The maximum Gasteiger partial charge on any atom is 0.244 e. The molecule has 0 fully saturated rings. The molecule has 4 aromatic rings. The van der Waals surface area contributed by atoms with Crippen molar-refractivity contribution in [1.82, 2.24) is 4.57 Å². The van der Waals surface area contributed by atoms with Gasteiger partial charge in [-0.25, -0.2) is 0 Å². The summed E-state index contributed by atoms with van der Waals surface area (Å²) in [7, 11) is 3.06. The van der Waals surface area contributed by atoms with Crippen LogP contribution in [0.3, 0.4) is 0 Å². The number of hydrogen-bond donors (Lipinski definition) is 1. The van der Waals surface area contributed by atoms with E-state index in [1.54, 1.807) is 47.0 Å². The maximum absolute atomic E-state index is 13.3. The van der Waals surface area contributed by atoms with Crippen molar-refractivity contribution >= 4 is 28.3 Å². The summed E-state index contributed by atoms with van der Waals surface area (Å²) in [6, 6.07) is 17.5. The molecule has 1 amide bonds. The number of aromatic nitrogens is 1. The third kappa shape index (κ3) is 5.09. The number of ether oxygens (including phenoxy) is 2. The predicted octanol–water partition coefficient (Wildman–Crippen LogP) is 4.51. The van der Waals surface area contributed by atoms with E-state index in [4.69, 9.17) is 9.47 Å². The van der Waals surface area contributed by atoms with E-state index in [2.05, 4.69) is 5.32 Å². The molecule has 0 saturated carbocycles. The van der Waals surface area contributed by atoms with Crippen LogP contribution in [0, 0.1) is 13.8 Å². The Morgan fingerprint density at radius 3 is 2.11 bits per heavy atom. The first-order valence-electron chi connectivity index (χ1n) is 11.1. The zero-order valence-electron chi connectivity index (χ0n) is 20.0. The Balaban J connectivity index is 1.73. The van der Waals surface area contributed by atoms with Crippen molar-refractivity contribution in [1.29, 1.82) is 0 Å². The summed E-state index contributed by atoms with van der Waals surface area (Å²) in [4.78, 5) is 39.5. The molecular formula is C28H26N2O5. The highest BCUT2D eigenvalue weighted by atomic mass is 16.5. The lowest BCUT2D eigenvalue weighted by molar-refractivity contribution is -0.116. The zero-order chi connectivity index (χ0) is 25.1. The maximum atomic E-state index is 13.3. The number of pyridine rings is 1. The number of rotatable bonds is 7. The van der Waals surface area contributed by atoms with Crippen LogP contribution >= 0.6 is 0 Å². The van der Waals surface area contributed by atoms with E-state index in [1.165, 1.54) is 20.4 Å². The van der Waals surface area contributed by atoms with Gasteiger partial charge in [0.1, 0.15) is 18.0 Å². The highest BCUT2D eigenvalue weighted by molar-refractivity contribution is 6.10. The highest BCUT2D eigenvalue weighted by Gasteiger charge is 2.18. The van der Waals surface area contributed by atoms with Crippen molar-refractivity contribution in [2.75, 3.05) is 19.5 Å². The molecule has 4 rings (SSSR count). The molecule has 178 valence electrons. The lowest BCUT2D eigenvalue weighted by Crippen LogP contribution is -2.24. The summed E-state index contributed by atoms with van der Waals surface area (Å²) in [6.07, 6.45) is 1.47. The van der Waals surface area contributed by atoms with Crippen molar-refractivity contribution in [2.24, 2.45) is 0 Å². The molecule has 7 nitrogen and oxygen atoms in total. The molecule has 0 aliphatic heterocycles. The lowest BCUT2D eigenvalue weighted by atomic mass is 10.0. The highest BCUT2D eigenvalue weighted by Crippen LogP contribution is 2.26. The average molecular weight is 471 g/mol. The Hall–Kier alpha value is -4.39. The second-order valence-corrected chi connectivity index (χ2v) is 8.37. The Bertz CT molecular complexity index is 1460. The minimum atomic E-state index is -0.384. The summed E-state index contributed by atoms with van der Waals surface area (Å²) in [5, 5.41) is 3.22. The van der Waals surface area contributed by atoms with Gasteiger partial charge in [0.2, 0.25) is 11.3 Å². The van der Waals surface area contributed by atoms with Crippen LogP contribution < -0.4 is 20.2 Å². The van der Waals surface area contributed by atoms with Crippen molar-refractivity contribution in [3.05, 3.63) is 99.3 Å². The predicted molar refractivity (Wildman–Crippen MR) is 136 cm³/mol. The number of nitrogens with zero attached hydrogens (tertiary/aromatic N) is 1. The van der Waals surface area contributed by atoms with Crippen LogP contribution in [0.4, 0.5) is 5.69 Å². The summed E-state index contributed by atoms with van der Waals surface area (Å²) in [6.45, 7) is 3.70. The van der Waals surface area contributed by atoms with Crippen LogP contribution in [0.5, 0.6) is 11.5 Å². The van der Waals surface area contributed by atoms with Crippen LogP contribution in [0.2, 0.25) is 0 Å². The van der Waals surface area contributed by atoms with Gasteiger partial charge in [-0.15, -0.1) is 0 Å². The molecule has 3 aromatic carbocycles. The molecule has 0 aliphatic carbocycles. The molecule has 35 heavy (non-hydrogen) atoms. The van der Waals surface area contributed by atoms with Gasteiger partial charge >= 0.3 is 0 Å². The molecule has 1 heterocycles. The molecule has 0 aliphatic rings. The Morgan fingerprint density at radius 1 is 0.857 bits per heavy atom. The number of benzene rings is 3. The first-order valence-corrected chi connectivity index (χ1v) is 11.1. The van der Waals surface area contributed by atoms with Crippen molar-refractivity contribution in [3.63, 3.8) is 0 Å². The van der Waals surface area contributed by atoms with Crippen LogP contribution in [0.15, 0.2) is 71.7 Å². The van der Waals surface area contributed by atoms with E-state index in [0.29, 0.717) is 33.7 Å². The minimum absolute atomic E-state index is 0.0165. The van der Waals surface area contributed by atoms with Crippen LogP contribution in [0.25, 0.3) is 10.9 Å². The van der Waals surface area contributed by atoms with Crippen LogP contribution in [-0.4, -0.2) is 30.5 Å². The Kier molecular flexibility index (Phi) is 6.68. The van der Waals surface area contributed by atoms with E-state index >= 15 is 0 Å². The molecule has 0 atom stereocenters. The van der Waals surface area contributed by atoms with Gasteiger partial charge in [0, 0.05) is 41.0 Å². The third-order valence-electron chi connectivity index (χ3n) is 5.74. The molecule has 1 N–H and O–H groups in total. The van der Waals surface area contributed by atoms with Crippen LogP contribution in [0.1, 0.15) is 27.0 Å². The quantitative estimate of drug-likeness (QED) is 0.402. The van der Waals surface area contributed by atoms with E-state index < -0.39 is 0 Å². The molecule has 0 saturated heterocycles. The fourth-order valence-electron chi connectivity index (χ4n) is 3.90. The number of ketones is 1. The molecule has 7 heteroatoms. The average Bonchev–Trinajstić information content (AvgIpc) is 2.85. The Labute approximate surface area is 202 Å². The third-order valence-corrected chi connectivity index (χ3v) is 5.74. The topological polar surface area (TPSA) is 86.6 Å². The molecule has 0 radical (unpaired) electrons. The number of amides is 1. The van der Waals surface area contributed by atoms with E-state index in [9.17, 15) is 14.4 Å². The number of aryl methyl sites for hydroxylation is 2.